The van der Waals surface area contributed by atoms with Crippen LogP contribution in [0, 0.1) is 18.8 Å². The fraction of sp³-hybridized carbons (Fsp3) is 0.667. The standard InChI is InChI=1S/C12H21N5/c1-8-4-3-5-10(8)6-14-11-9(2)12(17-13)16-7-15-11/h7-8,10H,3-6,13H2,1-2H3,(H2,14,15,16,17). The third-order valence-corrected chi connectivity index (χ3v) is 3.79. The number of nitrogen functional groups attached to an aromatic ring is 1. The number of nitrogens with zero attached hydrogens (tertiary/aromatic N) is 2. The lowest BCUT2D eigenvalue weighted by molar-refractivity contribution is 0.439. The van der Waals surface area contributed by atoms with E-state index >= 15 is 0 Å². The number of nitrogens with two attached hydrogens (primary N) is 1. The molecule has 94 valence electrons. The zero-order valence-corrected chi connectivity index (χ0v) is 10.5. The second kappa shape index (κ2) is 5.31. The fourth-order valence-corrected chi connectivity index (χ4v) is 2.53. The van der Waals surface area contributed by atoms with Crippen LogP contribution >= 0.6 is 0 Å². The number of hydrazine groups is 1. The average Bonchev–Trinajstić information content (AvgIpc) is 2.74. The van der Waals surface area contributed by atoms with Gasteiger partial charge in [0.2, 0.25) is 0 Å². The monoisotopic (exact) mass is 235 g/mol. The van der Waals surface area contributed by atoms with E-state index in [2.05, 4.69) is 27.6 Å². The van der Waals surface area contributed by atoms with Crippen LogP contribution in [0.4, 0.5) is 11.6 Å². The minimum absolute atomic E-state index is 0.682. The minimum atomic E-state index is 0.682. The van der Waals surface area contributed by atoms with Crippen LogP contribution in [-0.2, 0) is 0 Å². The highest BCUT2D eigenvalue weighted by Gasteiger charge is 2.23. The van der Waals surface area contributed by atoms with Gasteiger partial charge in [-0.25, -0.2) is 15.8 Å². The third kappa shape index (κ3) is 2.66. The highest BCUT2D eigenvalue weighted by Crippen LogP contribution is 2.31. The average molecular weight is 235 g/mol. The van der Waals surface area contributed by atoms with Crippen molar-refractivity contribution in [1.29, 1.82) is 0 Å². The summed E-state index contributed by atoms with van der Waals surface area (Å²) in [7, 11) is 0. The Morgan fingerprint density at radius 1 is 1.35 bits per heavy atom. The highest BCUT2D eigenvalue weighted by molar-refractivity contribution is 5.55. The predicted octanol–water partition coefficient (Wildman–Crippen LogP) is 1.92. The molecule has 1 aromatic heterocycles. The summed E-state index contributed by atoms with van der Waals surface area (Å²) >= 11 is 0. The van der Waals surface area contributed by atoms with Crippen LogP contribution in [0.2, 0.25) is 0 Å². The van der Waals surface area contributed by atoms with Crippen molar-refractivity contribution in [2.24, 2.45) is 17.7 Å². The van der Waals surface area contributed by atoms with Crippen LogP contribution in [0.25, 0.3) is 0 Å². The number of nitrogens with one attached hydrogen (secondary N) is 2. The van der Waals surface area contributed by atoms with Gasteiger partial charge in [-0.15, -0.1) is 0 Å². The maximum Gasteiger partial charge on any atom is 0.148 e. The first kappa shape index (κ1) is 12.1. The first-order chi connectivity index (χ1) is 8.22. The van der Waals surface area contributed by atoms with Crippen LogP contribution in [0.5, 0.6) is 0 Å². The molecule has 5 heteroatoms. The summed E-state index contributed by atoms with van der Waals surface area (Å²) in [6.45, 7) is 5.29. The number of aromatic nitrogens is 2. The molecule has 0 aromatic carbocycles. The first-order valence-corrected chi connectivity index (χ1v) is 6.24. The number of anilines is 2. The maximum atomic E-state index is 5.39. The Hall–Kier alpha value is -1.36. The van der Waals surface area contributed by atoms with Crippen LogP contribution in [0.3, 0.4) is 0 Å². The molecule has 0 saturated heterocycles. The molecule has 0 aliphatic heterocycles. The van der Waals surface area contributed by atoms with Gasteiger partial charge in [0.15, 0.2) is 0 Å². The summed E-state index contributed by atoms with van der Waals surface area (Å²) in [6, 6.07) is 0. The van der Waals surface area contributed by atoms with Gasteiger partial charge < -0.3 is 10.7 Å². The Balaban J connectivity index is 1.99. The van der Waals surface area contributed by atoms with Crippen LogP contribution < -0.4 is 16.6 Å². The molecule has 2 atom stereocenters. The lowest BCUT2D eigenvalue weighted by Gasteiger charge is -2.17. The molecule has 17 heavy (non-hydrogen) atoms. The molecule has 2 unspecified atom stereocenters. The van der Waals surface area contributed by atoms with Crippen molar-refractivity contribution >= 4 is 11.6 Å². The zero-order chi connectivity index (χ0) is 12.3. The molecule has 1 heterocycles. The predicted molar refractivity (Wildman–Crippen MR) is 69.6 cm³/mol. The van der Waals surface area contributed by atoms with Gasteiger partial charge in [-0.2, -0.15) is 0 Å². The van der Waals surface area contributed by atoms with E-state index in [9.17, 15) is 0 Å². The first-order valence-electron chi connectivity index (χ1n) is 6.24. The quantitative estimate of drug-likeness (QED) is 0.549. The molecule has 1 saturated carbocycles. The molecule has 4 N–H and O–H groups in total. The molecule has 1 aliphatic carbocycles. The number of rotatable bonds is 4. The fourth-order valence-electron chi connectivity index (χ4n) is 2.53. The summed E-state index contributed by atoms with van der Waals surface area (Å²) in [5.74, 6) is 8.53. The lowest BCUT2D eigenvalue weighted by Crippen LogP contribution is -2.18. The maximum absolute atomic E-state index is 5.39. The van der Waals surface area contributed by atoms with Crippen LogP contribution in [-0.4, -0.2) is 16.5 Å². The van der Waals surface area contributed by atoms with Gasteiger partial charge >= 0.3 is 0 Å². The SMILES string of the molecule is Cc1c(NN)ncnc1NCC1CCCC1C. The summed E-state index contributed by atoms with van der Waals surface area (Å²) < 4.78 is 0. The summed E-state index contributed by atoms with van der Waals surface area (Å²) in [5, 5.41) is 3.41. The van der Waals surface area contributed by atoms with Gasteiger partial charge in [0, 0.05) is 12.1 Å². The summed E-state index contributed by atoms with van der Waals surface area (Å²) in [6.07, 6.45) is 5.56. The second-order valence-electron chi connectivity index (χ2n) is 4.89. The lowest BCUT2D eigenvalue weighted by atomic mass is 9.98. The van der Waals surface area contributed by atoms with Crippen molar-refractivity contribution in [3.8, 4) is 0 Å². The molecule has 0 amide bonds. The topological polar surface area (TPSA) is 75.9 Å². The van der Waals surface area contributed by atoms with E-state index in [0.29, 0.717) is 5.82 Å². The van der Waals surface area contributed by atoms with Crippen molar-refractivity contribution in [3.05, 3.63) is 11.9 Å². The van der Waals surface area contributed by atoms with Crippen LogP contribution in [0.1, 0.15) is 31.7 Å². The zero-order valence-electron chi connectivity index (χ0n) is 10.5. The Morgan fingerprint density at radius 2 is 2.12 bits per heavy atom. The van der Waals surface area contributed by atoms with E-state index in [0.717, 1.165) is 29.8 Å². The largest absolute Gasteiger partial charge is 0.369 e. The molecule has 2 rings (SSSR count). The molecular formula is C12H21N5. The molecule has 1 aliphatic rings. The second-order valence-corrected chi connectivity index (χ2v) is 4.89. The van der Waals surface area contributed by atoms with Gasteiger partial charge in [-0.05, 0) is 25.2 Å². The Labute approximate surface area is 102 Å². The normalized spacial score (nSPS) is 23.7. The molecule has 1 aromatic rings. The summed E-state index contributed by atoms with van der Waals surface area (Å²) in [5.41, 5.74) is 3.55. The van der Waals surface area contributed by atoms with Crippen molar-refractivity contribution in [2.45, 2.75) is 33.1 Å². The van der Waals surface area contributed by atoms with E-state index in [-0.39, 0.29) is 0 Å². The smallest absolute Gasteiger partial charge is 0.148 e. The third-order valence-electron chi connectivity index (χ3n) is 3.79. The van der Waals surface area contributed by atoms with Gasteiger partial charge in [0.1, 0.15) is 18.0 Å². The van der Waals surface area contributed by atoms with E-state index in [4.69, 9.17) is 5.84 Å². The molecule has 1 fully saturated rings. The Bertz CT molecular complexity index is 379. The molecule has 0 bridgehead atoms. The number of hydrogen-bond acceptors (Lipinski definition) is 5. The van der Waals surface area contributed by atoms with Crippen LogP contribution in [0.15, 0.2) is 6.33 Å². The van der Waals surface area contributed by atoms with E-state index in [1.54, 1.807) is 0 Å². The van der Waals surface area contributed by atoms with Gasteiger partial charge in [0.25, 0.3) is 0 Å². The Kier molecular flexibility index (Phi) is 3.78. The van der Waals surface area contributed by atoms with Crippen molar-refractivity contribution < 1.29 is 0 Å². The Morgan fingerprint density at radius 3 is 2.76 bits per heavy atom. The number of hydrogen-bond donors (Lipinski definition) is 3. The molecule has 0 radical (unpaired) electrons. The molecular weight excluding hydrogens is 214 g/mol. The van der Waals surface area contributed by atoms with Crippen molar-refractivity contribution in [1.82, 2.24) is 9.97 Å². The minimum Gasteiger partial charge on any atom is -0.369 e. The van der Waals surface area contributed by atoms with Gasteiger partial charge in [-0.3, -0.25) is 0 Å². The van der Waals surface area contributed by atoms with Gasteiger partial charge in [-0.1, -0.05) is 19.8 Å². The van der Waals surface area contributed by atoms with E-state index < -0.39 is 0 Å². The molecule has 5 nitrogen and oxygen atoms in total. The summed E-state index contributed by atoms with van der Waals surface area (Å²) in [4.78, 5) is 8.32. The highest BCUT2D eigenvalue weighted by atomic mass is 15.3. The molecule has 0 spiro atoms. The van der Waals surface area contributed by atoms with E-state index in [1.807, 2.05) is 6.92 Å². The van der Waals surface area contributed by atoms with Crippen molar-refractivity contribution in [3.63, 3.8) is 0 Å². The van der Waals surface area contributed by atoms with Gasteiger partial charge in [0.05, 0.1) is 0 Å². The van der Waals surface area contributed by atoms with E-state index in [1.165, 1.54) is 25.6 Å². The van der Waals surface area contributed by atoms with Crippen molar-refractivity contribution in [2.75, 3.05) is 17.3 Å².